The van der Waals surface area contributed by atoms with Crippen LogP contribution in [0.2, 0.25) is 0 Å². The number of likely N-dealkylation sites (N-methyl/N-ethyl adjacent to an activating group) is 1. The highest BCUT2D eigenvalue weighted by Crippen LogP contribution is 2.26. The third-order valence-corrected chi connectivity index (χ3v) is 3.37. The van der Waals surface area contributed by atoms with Gasteiger partial charge in [0.25, 0.3) is 11.6 Å². The summed E-state index contributed by atoms with van der Waals surface area (Å²) < 4.78 is 0. The summed E-state index contributed by atoms with van der Waals surface area (Å²) >= 11 is 0. The fourth-order valence-corrected chi connectivity index (χ4v) is 2.07. The van der Waals surface area contributed by atoms with Gasteiger partial charge in [0, 0.05) is 37.8 Å². The minimum Gasteiger partial charge on any atom is -0.378 e. The standard InChI is InChI=1S/C15H24N4O3/c1-5-18(6-2)15(20)12-7-8-13(14(11-12)19(21)22)16-9-10-17(3)4/h7-8,11,16H,5-6,9-10H2,1-4H3. The molecule has 1 aromatic carbocycles. The number of nitro benzene ring substituents is 1. The maximum absolute atomic E-state index is 12.3. The number of nitrogens with one attached hydrogen (secondary N) is 1. The first-order valence-corrected chi connectivity index (χ1v) is 7.37. The van der Waals surface area contributed by atoms with Gasteiger partial charge in [-0.2, -0.15) is 0 Å². The first kappa shape index (κ1) is 17.9. The van der Waals surface area contributed by atoms with Crippen LogP contribution in [-0.4, -0.2) is 60.9 Å². The summed E-state index contributed by atoms with van der Waals surface area (Å²) in [6, 6.07) is 4.58. The molecule has 0 spiro atoms. The van der Waals surface area contributed by atoms with Crippen LogP contribution in [0, 0.1) is 10.1 Å². The number of nitrogens with zero attached hydrogens (tertiary/aromatic N) is 3. The molecule has 0 aliphatic carbocycles. The molecular weight excluding hydrogens is 284 g/mol. The van der Waals surface area contributed by atoms with Crippen molar-refractivity contribution in [1.82, 2.24) is 9.80 Å². The van der Waals surface area contributed by atoms with Crippen molar-refractivity contribution in [3.8, 4) is 0 Å². The normalized spacial score (nSPS) is 10.6. The van der Waals surface area contributed by atoms with E-state index in [4.69, 9.17) is 0 Å². The van der Waals surface area contributed by atoms with E-state index in [1.54, 1.807) is 17.0 Å². The van der Waals surface area contributed by atoms with E-state index in [0.717, 1.165) is 6.54 Å². The molecule has 0 atom stereocenters. The van der Waals surface area contributed by atoms with E-state index in [-0.39, 0.29) is 11.6 Å². The van der Waals surface area contributed by atoms with Crippen molar-refractivity contribution in [2.24, 2.45) is 0 Å². The second kappa shape index (κ2) is 8.33. The topological polar surface area (TPSA) is 78.7 Å². The molecule has 1 N–H and O–H groups in total. The van der Waals surface area contributed by atoms with Crippen molar-refractivity contribution in [3.63, 3.8) is 0 Å². The molecule has 1 rings (SSSR count). The minimum atomic E-state index is -0.461. The Bertz CT molecular complexity index is 528. The molecule has 22 heavy (non-hydrogen) atoms. The Morgan fingerprint density at radius 2 is 1.91 bits per heavy atom. The van der Waals surface area contributed by atoms with E-state index in [0.29, 0.717) is 30.9 Å². The van der Waals surface area contributed by atoms with Crippen LogP contribution in [0.3, 0.4) is 0 Å². The molecule has 1 amide bonds. The summed E-state index contributed by atoms with van der Waals surface area (Å²) in [5.74, 6) is -0.187. The first-order valence-electron chi connectivity index (χ1n) is 7.37. The van der Waals surface area contributed by atoms with Crippen LogP contribution >= 0.6 is 0 Å². The highest BCUT2D eigenvalue weighted by Gasteiger charge is 2.19. The molecule has 7 heteroatoms. The molecule has 0 unspecified atom stereocenters. The number of benzene rings is 1. The monoisotopic (exact) mass is 308 g/mol. The highest BCUT2D eigenvalue weighted by molar-refractivity contribution is 5.95. The fraction of sp³-hybridized carbons (Fsp3) is 0.533. The Morgan fingerprint density at radius 3 is 2.41 bits per heavy atom. The van der Waals surface area contributed by atoms with Gasteiger partial charge in [-0.15, -0.1) is 0 Å². The molecule has 7 nitrogen and oxygen atoms in total. The van der Waals surface area contributed by atoms with E-state index in [1.807, 2.05) is 32.8 Å². The maximum atomic E-state index is 12.3. The predicted molar refractivity (Wildman–Crippen MR) is 87.4 cm³/mol. The van der Waals surface area contributed by atoms with E-state index in [1.165, 1.54) is 6.07 Å². The van der Waals surface area contributed by atoms with E-state index >= 15 is 0 Å². The van der Waals surface area contributed by atoms with Crippen molar-refractivity contribution < 1.29 is 9.72 Å². The van der Waals surface area contributed by atoms with Crippen LogP contribution in [0.1, 0.15) is 24.2 Å². The van der Waals surface area contributed by atoms with Gasteiger partial charge in [0.05, 0.1) is 4.92 Å². The minimum absolute atomic E-state index is 0.0724. The fourth-order valence-electron chi connectivity index (χ4n) is 2.07. The molecule has 0 aliphatic rings. The molecular formula is C15H24N4O3. The van der Waals surface area contributed by atoms with Gasteiger partial charge >= 0.3 is 0 Å². The molecule has 0 aliphatic heterocycles. The summed E-state index contributed by atoms with van der Waals surface area (Å²) in [5.41, 5.74) is 0.702. The third-order valence-electron chi connectivity index (χ3n) is 3.37. The third kappa shape index (κ3) is 4.70. The Kier molecular flexibility index (Phi) is 6.78. The van der Waals surface area contributed by atoms with Crippen molar-refractivity contribution >= 4 is 17.3 Å². The number of amides is 1. The zero-order valence-corrected chi connectivity index (χ0v) is 13.6. The SMILES string of the molecule is CCN(CC)C(=O)c1ccc(NCCN(C)C)c([N+](=O)[O-])c1. The van der Waals surface area contributed by atoms with Gasteiger partial charge in [0.2, 0.25) is 0 Å². The smallest absolute Gasteiger partial charge is 0.293 e. The van der Waals surface area contributed by atoms with Crippen LogP contribution in [0.15, 0.2) is 18.2 Å². The largest absolute Gasteiger partial charge is 0.378 e. The van der Waals surface area contributed by atoms with Crippen molar-refractivity contribution in [2.45, 2.75) is 13.8 Å². The van der Waals surface area contributed by atoms with E-state index < -0.39 is 4.92 Å². The van der Waals surface area contributed by atoms with Crippen molar-refractivity contribution in [2.75, 3.05) is 45.6 Å². The van der Waals surface area contributed by atoms with Gasteiger partial charge in [-0.3, -0.25) is 14.9 Å². The van der Waals surface area contributed by atoms with Crippen LogP contribution in [-0.2, 0) is 0 Å². The lowest BCUT2D eigenvalue weighted by molar-refractivity contribution is -0.384. The molecule has 0 saturated carbocycles. The molecule has 0 aromatic heterocycles. The van der Waals surface area contributed by atoms with Gasteiger partial charge in [0.15, 0.2) is 0 Å². The Morgan fingerprint density at radius 1 is 1.27 bits per heavy atom. The summed E-state index contributed by atoms with van der Waals surface area (Å²) in [6.07, 6.45) is 0. The lowest BCUT2D eigenvalue weighted by Gasteiger charge is -2.19. The number of carbonyl (C=O) groups is 1. The summed E-state index contributed by atoms with van der Waals surface area (Å²) in [7, 11) is 3.86. The molecule has 0 fully saturated rings. The number of anilines is 1. The molecule has 0 radical (unpaired) electrons. The van der Waals surface area contributed by atoms with Gasteiger partial charge in [-0.05, 0) is 40.1 Å². The molecule has 1 aromatic rings. The number of rotatable bonds is 8. The maximum Gasteiger partial charge on any atom is 0.293 e. The molecule has 122 valence electrons. The number of hydrogen-bond acceptors (Lipinski definition) is 5. The summed E-state index contributed by atoms with van der Waals surface area (Å²) in [6.45, 7) is 6.27. The van der Waals surface area contributed by atoms with Gasteiger partial charge in [0.1, 0.15) is 5.69 Å². The predicted octanol–water partition coefficient (Wildman–Crippen LogP) is 2.05. The second-order valence-corrected chi connectivity index (χ2v) is 5.20. The molecule has 0 heterocycles. The second-order valence-electron chi connectivity index (χ2n) is 5.20. The number of hydrogen-bond donors (Lipinski definition) is 1. The average Bonchev–Trinajstić information content (AvgIpc) is 2.48. The van der Waals surface area contributed by atoms with E-state index in [9.17, 15) is 14.9 Å². The lowest BCUT2D eigenvalue weighted by Crippen LogP contribution is -2.30. The Labute approximate surface area is 131 Å². The van der Waals surface area contributed by atoms with Crippen molar-refractivity contribution in [1.29, 1.82) is 0 Å². The van der Waals surface area contributed by atoms with Gasteiger partial charge in [-0.25, -0.2) is 0 Å². The average molecular weight is 308 g/mol. The van der Waals surface area contributed by atoms with Crippen molar-refractivity contribution in [3.05, 3.63) is 33.9 Å². The summed E-state index contributed by atoms with van der Waals surface area (Å²) in [5, 5.41) is 14.3. The van der Waals surface area contributed by atoms with Gasteiger partial charge < -0.3 is 15.1 Å². The number of carbonyl (C=O) groups excluding carboxylic acids is 1. The number of nitro groups is 1. The van der Waals surface area contributed by atoms with Crippen LogP contribution in [0.4, 0.5) is 11.4 Å². The highest BCUT2D eigenvalue weighted by atomic mass is 16.6. The molecule has 0 bridgehead atoms. The Hall–Kier alpha value is -2.15. The zero-order chi connectivity index (χ0) is 16.7. The van der Waals surface area contributed by atoms with Crippen LogP contribution < -0.4 is 5.32 Å². The van der Waals surface area contributed by atoms with Gasteiger partial charge in [-0.1, -0.05) is 0 Å². The summed E-state index contributed by atoms with van der Waals surface area (Å²) in [4.78, 5) is 26.7. The zero-order valence-electron chi connectivity index (χ0n) is 13.6. The quantitative estimate of drug-likeness (QED) is 0.587. The molecule has 0 saturated heterocycles. The first-order chi connectivity index (χ1) is 10.4. The van der Waals surface area contributed by atoms with Crippen LogP contribution in [0.5, 0.6) is 0 Å². The van der Waals surface area contributed by atoms with E-state index in [2.05, 4.69) is 5.32 Å². The lowest BCUT2D eigenvalue weighted by atomic mass is 10.1. The Balaban J connectivity index is 2.99. The van der Waals surface area contributed by atoms with Crippen LogP contribution in [0.25, 0.3) is 0 Å².